The van der Waals surface area contributed by atoms with E-state index in [9.17, 15) is 9.18 Å². The fourth-order valence-electron chi connectivity index (χ4n) is 1.97. The van der Waals surface area contributed by atoms with Gasteiger partial charge >= 0.3 is 0 Å². The van der Waals surface area contributed by atoms with Crippen molar-refractivity contribution < 1.29 is 13.9 Å². The average Bonchev–Trinajstić information content (AvgIpc) is 2.48. The molecule has 0 saturated carbocycles. The van der Waals surface area contributed by atoms with Gasteiger partial charge in [0.1, 0.15) is 5.82 Å². The molecule has 0 aliphatic carbocycles. The Kier molecular flexibility index (Phi) is 5.47. The molecule has 0 spiro atoms. The normalized spacial score (nSPS) is 12.0. The minimum Gasteiger partial charge on any atom is -0.375 e. The summed E-state index contributed by atoms with van der Waals surface area (Å²) in [6.07, 6.45) is -0.396. The van der Waals surface area contributed by atoms with Crippen LogP contribution in [0.5, 0.6) is 0 Å². The van der Waals surface area contributed by atoms with Gasteiger partial charge in [-0.3, -0.25) is 4.79 Å². The maximum atomic E-state index is 13.2. The van der Waals surface area contributed by atoms with Gasteiger partial charge < -0.3 is 10.1 Å². The first-order valence-electron chi connectivity index (χ1n) is 6.43. The van der Waals surface area contributed by atoms with E-state index in [0.717, 1.165) is 4.47 Å². The minimum atomic E-state index is -0.396. The summed E-state index contributed by atoms with van der Waals surface area (Å²) in [6.45, 7) is 0.264. The number of ether oxygens (including phenoxy) is 1. The molecule has 2 aromatic carbocycles. The smallest absolute Gasteiger partial charge is 0.252 e. The standard InChI is InChI=1S/C16H15BrFNO2/c1-21-15(11-5-4-6-12(18)9-11)10-19-16(20)13-7-2-3-8-14(13)17/h2-9,15H,10H2,1H3,(H,19,20). The van der Waals surface area contributed by atoms with Crippen LogP contribution in [0.2, 0.25) is 0 Å². The molecule has 0 saturated heterocycles. The molecule has 0 aliphatic heterocycles. The minimum absolute atomic E-state index is 0.207. The third kappa shape index (κ3) is 4.12. The lowest BCUT2D eigenvalue weighted by atomic mass is 10.1. The molecule has 0 heterocycles. The molecule has 0 bridgehead atoms. The predicted octanol–water partition coefficient (Wildman–Crippen LogP) is 3.71. The number of amides is 1. The van der Waals surface area contributed by atoms with E-state index in [1.165, 1.54) is 19.2 Å². The van der Waals surface area contributed by atoms with Crippen LogP contribution in [0.4, 0.5) is 4.39 Å². The zero-order valence-corrected chi connectivity index (χ0v) is 13.1. The molecule has 2 rings (SSSR count). The summed E-state index contributed by atoms with van der Waals surface area (Å²) in [5.74, 6) is -0.535. The summed E-state index contributed by atoms with van der Waals surface area (Å²) < 4.78 is 19.3. The van der Waals surface area contributed by atoms with E-state index < -0.39 is 6.10 Å². The molecule has 1 N–H and O–H groups in total. The monoisotopic (exact) mass is 351 g/mol. The zero-order valence-electron chi connectivity index (χ0n) is 11.5. The molecular weight excluding hydrogens is 337 g/mol. The van der Waals surface area contributed by atoms with Crippen LogP contribution >= 0.6 is 15.9 Å². The third-order valence-corrected chi connectivity index (χ3v) is 3.76. The quantitative estimate of drug-likeness (QED) is 0.891. The van der Waals surface area contributed by atoms with Gasteiger partial charge in [-0.2, -0.15) is 0 Å². The summed E-state index contributed by atoms with van der Waals surface area (Å²) >= 11 is 3.33. The first-order valence-corrected chi connectivity index (χ1v) is 7.22. The summed E-state index contributed by atoms with van der Waals surface area (Å²) in [6, 6.07) is 13.3. The molecule has 1 unspecified atom stereocenters. The van der Waals surface area contributed by atoms with Crippen LogP contribution in [0, 0.1) is 5.82 Å². The van der Waals surface area contributed by atoms with Gasteiger partial charge in [0.2, 0.25) is 0 Å². The highest BCUT2D eigenvalue weighted by atomic mass is 79.9. The third-order valence-electron chi connectivity index (χ3n) is 3.07. The highest BCUT2D eigenvalue weighted by Crippen LogP contribution is 2.18. The highest BCUT2D eigenvalue weighted by Gasteiger charge is 2.14. The van der Waals surface area contributed by atoms with Crippen molar-refractivity contribution in [3.63, 3.8) is 0 Å². The van der Waals surface area contributed by atoms with Gasteiger partial charge in [0.05, 0.1) is 11.7 Å². The fourth-order valence-corrected chi connectivity index (χ4v) is 2.43. The van der Waals surface area contributed by atoms with Crippen LogP contribution in [0.3, 0.4) is 0 Å². The maximum absolute atomic E-state index is 13.2. The van der Waals surface area contributed by atoms with E-state index in [0.29, 0.717) is 11.1 Å². The van der Waals surface area contributed by atoms with Crippen LogP contribution in [0.25, 0.3) is 0 Å². The molecule has 2 aromatic rings. The Morgan fingerprint density at radius 1 is 1.29 bits per heavy atom. The van der Waals surface area contributed by atoms with E-state index in [4.69, 9.17) is 4.74 Å². The van der Waals surface area contributed by atoms with E-state index >= 15 is 0 Å². The Bertz CT molecular complexity index is 633. The number of carbonyl (C=O) groups excluding carboxylic acids is 1. The van der Waals surface area contributed by atoms with Crippen LogP contribution in [0.15, 0.2) is 53.0 Å². The number of nitrogens with one attached hydrogen (secondary N) is 1. The predicted molar refractivity (Wildman–Crippen MR) is 82.6 cm³/mol. The molecule has 0 aliphatic rings. The number of rotatable bonds is 5. The number of hydrogen-bond donors (Lipinski definition) is 1. The number of benzene rings is 2. The van der Waals surface area contributed by atoms with Gasteiger partial charge in [0.25, 0.3) is 5.91 Å². The molecule has 1 atom stereocenters. The zero-order chi connectivity index (χ0) is 15.2. The summed E-state index contributed by atoms with van der Waals surface area (Å²) in [5, 5.41) is 2.79. The lowest BCUT2D eigenvalue weighted by Gasteiger charge is -2.17. The Balaban J connectivity index is 2.04. The molecule has 5 heteroatoms. The maximum Gasteiger partial charge on any atom is 0.252 e. The van der Waals surface area contributed by atoms with Gasteiger partial charge in [-0.15, -0.1) is 0 Å². The van der Waals surface area contributed by atoms with Crippen LogP contribution < -0.4 is 5.32 Å². The van der Waals surface area contributed by atoms with Gasteiger partial charge in [-0.05, 0) is 45.8 Å². The second-order valence-electron chi connectivity index (χ2n) is 4.47. The highest BCUT2D eigenvalue weighted by molar-refractivity contribution is 9.10. The topological polar surface area (TPSA) is 38.3 Å². The molecular formula is C16H15BrFNO2. The van der Waals surface area contributed by atoms with E-state index in [2.05, 4.69) is 21.2 Å². The van der Waals surface area contributed by atoms with Crippen molar-refractivity contribution >= 4 is 21.8 Å². The second kappa shape index (κ2) is 7.33. The lowest BCUT2D eigenvalue weighted by Crippen LogP contribution is -2.29. The Labute approximate surface area is 131 Å². The molecule has 0 aromatic heterocycles. The van der Waals surface area contributed by atoms with Gasteiger partial charge in [-0.25, -0.2) is 4.39 Å². The Morgan fingerprint density at radius 3 is 2.71 bits per heavy atom. The van der Waals surface area contributed by atoms with Crippen molar-refractivity contribution in [2.75, 3.05) is 13.7 Å². The average molecular weight is 352 g/mol. The van der Waals surface area contributed by atoms with Crippen molar-refractivity contribution in [1.29, 1.82) is 0 Å². The number of halogens is 2. The first-order chi connectivity index (χ1) is 10.1. The van der Waals surface area contributed by atoms with Crippen LogP contribution in [-0.4, -0.2) is 19.6 Å². The number of hydrogen-bond acceptors (Lipinski definition) is 2. The van der Waals surface area contributed by atoms with Gasteiger partial charge in [0.15, 0.2) is 0 Å². The Hall–Kier alpha value is -1.72. The molecule has 0 fully saturated rings. The van der Waals surface area contributed by atoms with Crippen molar-refractivity contribution in [3.8, 4) is 0 Å². The molecule has 0 radical (unpaired) electrons. The van der Waals surface area contributed by atoms with Crippen molar-refractivity contribution in [2.24, 2.45) is 0 Å². The SMILES string of the molecule is COC(CNC(=O)c1ccccc1Br)c1cccc(F)c1. The van der Waals surface area contributed by atoms with E-state index in [1.807, 2.05) is 6.07 Å². The summed E-state index contributed by atoms with van der Waals surface area (Å²) in [7, 11) is 1.53. The van der Waals surface area contributed by atoms with Gasteiger partial charge in [-0.1, -0.05) is 24.3 Å². The second-order valence-corrected chi connectivity index (χ2v) is 5.32. The summed E-state index contributed by atoms with van der Waals surface area (Å²) in [5.41, 5.74) is 1.23. The Morgan fingerprint density at radius 2 is 2.05 bits per heavy atom. The van der Waals surface area contributed by atoms with E-state index in [1.54, 1.807) is 30.3 Å². The molecule has 1 amide bonds. The van der Waals surface area contributed by atoms with Crippen molar-refractivity contribution in [3.05, 3.63) is 69.9 Å². The summed E-state index contributed by atoms with van der Waals surface area (Å²) in [4.78, 5) is 12.1. The molecule has 110 valence electrons. The van der Waals surface area contributed by atoms with E-state index in [-0.39, 0.29) is 18.3 Å². The number of methoxy groups -OCH3 is 1. The lowest BCUT2D eigenvalue weighted by molar-refractivity contribution is 0.0826. The largest absolute Gasteiger partial charge is 0.375 e. The van der Waals surface area contributed by atoms with Crippen molar-refractivity contribution in [2.45, 2.75) is 6.10 Å². The number of carbonyl (C=O) groups is 1. The fraction of sp³-hybridized carbons (Fsp3) is 0.188. The van der Waals surface area contributed by atoms with Crippen LogP contribution in [0.1, 0.15) is 22.0 Å². The van der Waals surface area contributed by atoms with Crippen molar-refractivity contribution in [1.82, 2.24) is 5.32 Å². The molecule has 3 nitrogen and oxygen atoms in total. The molecule has 21 heavy (non-hydrogen) atoms. The van der Waals surface area contributed by atoms with Gasteiger partial charge in [0, 0.05) is 18.1 Å². The first kappa shape index (κ1) is 15.7. The van der Waals surface area contributed by atoms with Crippen LogP contribution in [-0.2, 0) is 4.74 Å².